The molecular formula is C16H15ClFNO2. The van der Waals surface area contributed by atoms with E-state index in [1.165, 1.54) is 6.07 Å². The quantitative estimate of drug-likeness (QED) is 0.944. The van der Waals surface area contributed by atoms with E-state index in [-0.39, 0.29) is 5.02 Å². The average molecular weight is 308 g/mol. The highest BCUT2D eigenvalue weighted by molar-refractivity contribution is 6.30. The van der Waals surface area contributed by atoms with Crippen LogP contribution in [0.15, 0.2) is 36.4 Å². The van der Waals surface area contributed by atoms with Gasteiger partial charge in [-0.05, 0) is 24.1 Å². The third kappa shape index (κ3) is 2.82. The summed E-state index contributed by atoms with van der Waals surface area (Å²) in [5.41, 5.74) is 7.53. The maximum Gasteiger partial charge on any atom is 0.166 e. The van der Waals surface area contributed by atoms with E-state index < -0.39 is 11.9 Å². The van der Waals surface area contributed by atoms with Crippen molar-refractivity contribution in [3.05, 3.63) is 58.4 Å². The van der Waals surface area contributed by atoms with Gasteiger partial charge in [-0.3, -0.25) is 0 Å². The van der Waals surface area contributed by atoms with Crippen molar-refractivity contribution in [2.24, 2.45) is 5.73 Å². The van der Waals surface area contributed by atoms with Crippen molar-refractivity contribution in [2.75, 3.05) is 13.2 Å². The summed E-state index contributed by atoms with van der Waals surface area (Å²) in [5.74, 6) is 0.913. The Bertz CT molecular complexity index is 663. The zero-order valence-electron chi connectivity index (χ0n) is 11.3. The minimum absolute atomic E-state index is 0.106. The lowest BCUT2D eigenvalue weighted by Crippen LogP contribution is -2.20. The van der Waals surface area contributed by atoms with Gasteiger partial charge in [-0.1, -0.05) is 35.9 Å². The first kappa shape index (κ1) is 14.2. The maximum atomic E-state index is 14.0. The van der Waals surface area contributed by atoms with Crippen LogP contribution in [-0.4, -0.2) is 13.2 Å². The Hall–Kier alpha value is -1.78. The van der Waals surface area contributed by atoms with Crippen molar-refractivity contribution in [3.8, 4) is 11.5 Å². The largest absolute Gasteiger partial charge is 0.486 e. The second kappa shape index (κ2) is 5.92. The predicted molar refractivity (Wildman–Crippen MR) is 79.5 cm³/mol. The van der Waals surface area contributed by atoms with Crippen molar-refractivity contribution in [2.45, 2.75) is 12.5 Å². The molecule has 0 bridgehead atoms. The number of hydrogen-bond acceptors (Lipinski definition) is 3. The van der Waals surface area contributed by atoms with Crippen LogP contribution in [0.4, 0.5) is 4.39 Å². The number of halogens is 2. The fourth-order valence-corrected chi connectivity index (χ4v) is 2.64. The highest BCUT2D eigenvalue weighted by Gasteiger charge is 2.21. The molecule has 3 nitrogen and oxygen atoms in total. The van der Waals surface area contributed by atoms with Crippen molar-refractivity contribution in [1.29, 1.82) is 0 Å². The normalized spacial score (nSPS) is 14.8. The number of ether oxygens (including phenoxy) is 2. The van der Waals surface area contributed by atoms with E-state index in [0.717, 1.165) is 5.56 Å². The van der Waals surface area contributed by atoms with Gasteiger partial charge in [0.05, 0.1) is 5.02 Å². The van der Waals surface area contributed by atoms with Crippen molar-refractivity contribution in [1.82, 2.24) is 0 Å². The van der Waals surface area contributed by atoms with Crippen LogP contribution in [0.25, 0.3) is 0 Å². The van der Waals surface area contributed by atoms with Gasteiger partial charge in [0.15, 0.2) is 11.5 Å². The molecule has 0 amide bonds. The van der Waals surface area contributed by atoms with Gasteiger partial charge in [0.25, 0.3) is 0 Å². The smallest absolute Gasteiger partial charge is 0.166 e. The summed E-state index contributed by atoms with van der Waals surface area (Å²) in [4.78, 5) is 0. The molecular weight excluding hydrogens is 293 g/mol. The van der Waals surface area contributed by atoms with Crippen LogP contribution in [0.3, 0.4) is 0 Å². The van der Waals surface area contributed by atoms with Gasteiger partial charge >= 0.3 is 0 Å². The van der Waals surface area contributed by atoms with E-state index >= 15 is 0 Å². The maximum absolute atomic E-state index is 14.0. The van der Waals surface area contributed by atoms with Gasteiger partial charge in [-0.25, -0.2) is 4.39 Å². The van der Waals surface area contributed by atoms with E-state index in [9.17, 15) is 4.39 Å². The fraction of sp³-hybridized carbons (Fsp3) is 0.250. The average Bonchev–Trinajstić information content (AvgIpc) is 2.51. The lowest BCUT2D eigenvalue weighted by Gasteiger charge is -2.23. The van der Waals surface area contributed by atoms with Gasteiger partial charge in [0.2, 0.25) is 0 Å². The molecule has 2 aromatic rings. The monoisotopic (exact) mass is 307 g/mol. The molecule has 0 aromatic heterocycles. The Morgan fingerprint density at radius 1 is 1.14 bits per heavy atom. The zero-order chi connectivity index (χ0) is 14.8. The fourth-order valence-electron chi connectivity index (χ4n) is 2.44. The van der Waals surface area contributed by atoms with Gasteiger partial charge in [-0.2, -0.15) is 0 Å². The van der Waals surface area contributed by atoms with Crippen molar-refractivity contribution >= 4 is 11.6 Å². The third-order valence-electron chi connectivity index (χ3n) is 3.47. The Morgan fingerprint density at radius 3 is 2.76 bits per heavy atom. The number of fused-ring (bicyclic) bond motifs is 1. The number of hydrogen-bond donors (Lipinski definition) is 1. The predicted octanol–water partition coefficient (Wildman–Crippen LogP) is 3.49. The molecule has 1 heterocycles. The Kier molecular flexibility index (Phi) is 3.99. The summed E-state index contributed by atoms with van der Waals surface area (Å²) in [6.45, 7) is 1.01. The molecule has 1 aliphatic rings. The molecule has 0 saturated carbocycles. The standard InChI is InChI=1S/C16H15ClFNO2/c17-12-5-1-3-10(15(12)18)9-13(19)11-4-2-6-14-16(11)21-8-7-20-14/h1-6,13H,7-9,19H2. The number of nitrogens with two attached hydrogens (primary N) is 1. The first-order valence-electron chi connectivity index (χ1n) is 6.74. The molecule has 110 valence electrons. The summed E-state index contributed by atoms with van der Waals surface area (Å²) in [6, 6.07) is 10.1. The number of rotatable bonds is 3. The molecule has 0 fully saturated rings. The molecule has 21 heavy (non-hydrogen) atoms. The summed E-state index contributed by atoms with van der Waals surface area (Å²) in [6.07, 6.45) is 0.339. The molecule has 3 rings (SSSR count). The van der Waals surface area contributed by atoms with Crippen molar-refractivity contribution in [3.63, 3.8) is 0 Å². The Morgan fingerprint density at radius 2 is 1.90 bits per heavy atom. The SMILES string of the molecule is NC(Cc1cccc(Cl)c1F)c1cccc2c1OCCO2. The number of benzene rings is 2. The van der Waals surface area contributed by atoms with Crippen molar-refractivity contribution < 1.29 is 13.9 Å². The first-order valence-corrected chi connectivity index (χ1v) is 7.11. The van der Waals surface area contributed by atoms with E-state index in [2.05, 4.69) is 0 Å². The molecule has 0 aliphatic carbocycles. The second-order valence-electron chi connectivity index (χ2n) is 4.89. The van der Waals surface area contributed by atoms with E-state index in [1.54, 1.807) is 12.1 Å². The van der Waals surface area contributed by atoms with Crippen LogP contribution in [0.1, 0.15) is 17.2 Å². The minimum Gasteiger partial charge on any atom is -0.486 e. The summed E-state index contributed by atoms with van der Waals surface area (Å²) >= 11 is 5.80. The lowest BCUT2D eigenvalue weighted by atomic mass is 9.98. The molecule has 0 saturated heterocycles. The summed E-state index contributed by atoms with van der Waals surface area (Å²) in [5, 5.41) is 0.106. The Labute approximate surface area is 127 Å². The molecule has 2 aromatic carbocycles. The first-order chi connectivity index (χ1) is 10.2. The highest BCUT2D eigenvalue weighted by Crippen LogP contribution is 2.37. The summed E-state index contributed by atoms with van der Waals surface area (Å²) in [7, 11) is 0. The number of para-hydroxylation sites is 1. The van der Waals surface area contributed by atoms with Gasteiger partial charge in [0, 0.05) is 11.6 Å². The second-order valence-corrected chi connectivity index (χ2v) is 5.30. The zero-order valence-corrected chi connectivity index (χ0v) is 12.1. The van der Waals surface area contributed by atoms with Crippen LogP contribution in [-0.2, 0) is 6.42 Å². The van der Waals surface area contributed by atoms with E-state index in [0.29, 0.717) is 36.7 Å². The van der Waals surface area contributed by atoms with Crippen LogP contribution < -0.4 is 15.2 Å². The molecule has 0 spiro atoms. The molecule has 1 atom stereocenters. The third-order valence-corrected chi connectivity index (χ3v) is 3.76. The van der Waals surface area contributed by atoms with E-state index in [1.807, 2.05) is 18.2 Å². The minimum atomic E-state index is -0.420. The topological polar surface area (TPSA) is 44.5 Å². The summed E-state index contributed by atoms with van der Waals surface area (Å²) < 4.78 is 25.1. The molecule has 5 heteroatoms. The molecule has 0 radical (unpaired) electrons. The van der Waals surface area contributed by atoms with Crippen LogP contribution >= 0.6 is 11.6 Å². The van der Waals surface area contributed by atoms with Crippen LogP contribution in [0.5, 0.6) is 11.5 Å². The van der Waals surface area contributed by atoms with Crippen LogP contribution in [0.2, 0.25) is 5.02 Å². The van der Waals surface area contributed by atoms with Gasteiger partial charge in [-0.15, -0.1) is 0 Å². The molecule has 1 aliphatic heterocycles. The molecule has 2 N–H and O–H groups in total. The molecule has 1 unspecified atom stereocenters. The Balaban J connectivity index is 1.89. The van der Waals surface area contributed by atoms with E-state index in [4.69, 9.17) is 26.8 Å². The van der Waals surface area contributed by atoms with Gasteiger partial charge < -0.3 is 15.2 Å². The lowest BCUT2D eigenvalue weighted by molar-refractivity contribution is 0.169. The van der Waals surface area contributed by atoms with Crippen LogP contribution in [0, 0.1) is 5.82 Å². The highest BCUT2D eigenvalue weighted by atomic mass is 35.5. The van der Waals surface area contributed by atoms with Gasteiger partial charge in [0.1, 0.15) is 19.0 Å².